The fourth-order valence-electron chi connectivity index (χ4n) is 1.72. The van der Waals surface area contributed by atoms with E-state index in [0.29, 0.717) is 15.6 Å². The lowest BCUT2D eigenvalue weighted by atomic mass is 10.2. The summed E-state index contributed by atoms with van der Waals surface area (Å²) in [5.74, 6) is 0.510. The van der Waals surface area contributed by atoms with Crippen molar-refractivity contribution in [3.8, 4) is 0 Å². The van der Waals surface area contributed by atoms with Gasteiger partial charge in [-0.25, -0.2) is 14.8 Å². The average molecular weight is 286 g/mol. The molecule has 20 heavy (non-hydrogen) atoms. The predicted octanol–water partition coefficient (Wildman–Crippen LogP) is 1.90. The van der Waals surface area contributed by atoms with E-state index in [1.54, 1.807) is 18.2 Å². The lowest BCUT2D eigenvalue weighted by molar-refractivity contribution is 0.543. The van der Waals surface area contributed by atoms with Gasteiger partial charge in [0.15, 0.2) is 5.16 Å². The van der Waals surface area contributed by atoms with Crippen LogP contribution >= 0.6 is 11.8 Å². The van der Waals surface area contributed by atoms with Gasteiger partial charge in [0.2, 0.25) is 0 Å². The van der Waals surface area contributed by atoms with Crippen LogP contribution in [0.4, 0.5) is 11.6 Å². The fourth-order valence-corrected chi connectivity index (χ4v) is 2.53. The molecule has 0 unspecified atom stereocenters. The molecule has 6 nitrogen and oxygen atoms in total. The van der Waals surface area contributed by atoms with Crippen molar-refractivity contribution in [1.29, 1.82) is 0 Å². The van der Waals surface area contributed by atoms with Gasteiger partial charge in [0.1, 0.15) is 22.1 Å². The van der Waals surface area contributed by atoms with Crippen molar-refractivity contribution >= 4 is 34.4 Å². The first kappa shape index (κ1) is 12.5. The summed E-state index contributed by atoms with van der Waals surface area (Å²) >= 11 is 1.07. The molecule has 0 fully saturated rings. The summed E-state index contributed by atoms with van der Waals surface area (Å²) in [6.07, 6.45) is 0. The second-order valence-electron chi connectivity index (χ2n) is 4.04. The van der Waals surface area contributed by atoms with E-state index in [0.717, 1.165) is 17.1 Å². The maximum Gasteiger partial charge on any atom is 0.350 e. The van der Waals surface area contributed by atoms with Gasteiger partial charge in [-0.15, -0.1) is 0 Å². The lowest BCUT2D eigenvalue weighted by Gasteiger charge is -2.03. The van der Waals surface area contributed by atoms with Gasteiger partial charge in [0.25, 0.3) is 0 Å². The molecule has 0 radical (unpaired) electrons. The number of benzene rings is 1. The largest absolute Gasteiger partial charge is 0.422 e. The summed E-state index contributed by atoms with van der Waals surface area (Å²) in [5.41, 5.74) is 11.3. The Balaban J connectivity index is 2.06. The van der Waals surface area contributed by atoms with Gasteiger partial charge >= 0.3 is 5.63 Å². The summed E-state index contributed by atoms with van der Waals surface area (Å²) < 4.78 is 5.23. The molecule has 0 spiro atoms. The van der Waals surface area contributed by atoms with Crippen molar-refractivity contribution in [2.45, 2.75) is 10.1 Å². The Morgan fingerprint density at radius 3 is 2.50 bits per heavy atom. The number of para-hydroxylation sites is 1. The molecule has 0 amide bonds. The van der Waals surface area contributed by atoms with E-state index >= 15 is 0 Å². The van der Waals surface area contributed by atoms with Crippen LogP contribution in [0.2, 0.25) is 0 Å². The minimum Gasteiger partial charge on any atom is -0.422 e. The molecule has 0 aliphatic heterocycles. The zero-order valence-electron chi connectivity index (χ0n) is 10.2. The molecule has 2 heterocycles. The molecule has 2 aromatic heterocycles. The van der Waals surface area contributed by atoms with Crippen molar-refractivity contribution in [3.63, 3.8) is 0 Å². The Labute approximate surface area is 117 Å². The normalized spacial score (nSPS) is 10.8. The predicted molar refractivity (Wildman–Crippen MR) is 77.5 cm³/mol. The van der Waals surface area contributed by atoms with Crippen LogP contribution in [0.25, 0.3) is 11.0 Å². The van der Waals surface area contributed by atoms with E-state index in [4.69, 9.17) is 15.9 Å². The minimum atomic E-state index is -0.446. The smallest absolute Gasteiger partial charge is 0.350 e. The number of nitrogen functional groups attached to an aromatic ring is 2. The molecule has 3 rings (SSSR count). The van der Waals surface area contributed by atoms with Crippen molar-refractivity contribution in [3.05, 3.63) is 46.8 Å². The topological polar surface area (TPSA) is 108 Å². The first-order valence-electron chi connectivity index (χ1n) is 5.72. The van der Waals surface area contributed by atoms with Gasteiger partial charge in [0.05, 0.1) is 0 Å². The molecule has 0 saturated carbocycles. The molecule has 0 aliphatic carbocycles. The summed E-state index contributed by atoms with van der Waals surface area (Å²) in [5, 5.41) is 1.14. The van der Waals surface area contributed by atoms with E-state index < -0.39 is 5.63 Å². The monoisotopic (exact) mass is 286 g/mol. The van der Waals surface area contributed by atoms with E-state index in [-0.39, 0.29) is 11.6 Å². The van der Waals surface area contributed by atoms with Crippen molar-refractivity contribution in [2.75, 3.05) is 11.5 Å². The Bertz CT molecular complexity index is 827. The third kappa shape index (κ3) is 2.43. The minimum absolute atomic E-state index is 0.255. The van der Waals surface area contributed by atoms with Crippen LogP contribution < -0.4 is 17.1 Å². The van der Waals surface area contributed by atoms with Crippen LogP contribution in [-0.2, 0) is 0 Å². The van der Waals surface area contributed by atoms with Gasteiger partial charge in [0, 0.05) is 11.5 Å². The zero-order chi connectivity index (χ0) is 14.1. The lowest BCUT2D eigenvalue weighted by Crippen LogP contribution is -2.04. The van der Waals surface area contributed by atoms with Gasteiger partial charge in [-0.05, 0) is 23.9 Å². The Hall–Kier alpha value is -2.54. The van der Waals surface area contributed by atoms with Crippen LogP contribution in [0.5, 0.6) is 0 Å². The number of anilines is 2. The summed E-state index contributed by atoms with van der Waals surface area (Å²) in [7, 11) is 0. The molecule has 0 bridgehead atoms. The van der Waals surface area contributed by atoms with Gasteiger partial charge in [-0.1, -0.05) is 18.2 Å². The van der Waals surface area contributed by atoms with Crippen molar-refractivity contribution in [1.82, 2.24) is 9.97 Å². The number of hydrogen-bond acceptors (Lipinski definition) is 7. The van der Waals surface area contributed by atoms with E-state index in [1.165, 1.54) is 6.07 Å². The Kier molecular flexibility index (Phi) is 3.03. The highest BCUT2D eigenvalue weighted by molar-refractivity contribution is 7.99. The number of fused-ring (bicyclic) bond motifs is 1. The molecule has 4 N–H and O–H groups in total. The molecular formula is C13H10N4O2S. The van der Waals surface area contributed by atoms with Crippen LogP contribution in [0.15, 0.2) is 55.7 Å². The van der Waals surface area contributed by atoms with Crippen molar-refractivity contribution in [2.24, 2.45) is 0 Å². The molecule has 100 valence electrons. The second-order valence-corrected chi connectivity index (χ2v) is 5.05. The van der Waals surface area contributed by atoms with Crippen LogP contribution in [0.1, 0.15) is 0 Å². The molecule has 0 atom stereocenters. The fraction of sp³-hybridized carbons (Fsp3) is 0. The molecule has 0 aliphatic rings. The van der Waals surface area contributed by atoms with Crippen LogP contribution in [0, 0.1) is 0 Å². The van der Waals surface area contributed by atoms with Gasteiger partial charge in [-0.3, -0.25) is 0 Å². The Morgan fingerprint density at radius 1 is 1.05 bits per heavy atom. The van der Waals surface area contributed by atoms with Crippen LogP contribution in [0.3, 0.4) is 0 Å². The van der Waals surface area contributed by atoms with Gasteiger partial charge in [-0.2, -0.15) is 0 Å². The number of hydrogen-bond donors (Lipinski definition) is 2. The van der Waals surface area contributed by atoms with Gasteiger partial charge < -0.3 is 15.9 Å². The highest BCUT2D eigenvalue weighted by Crippen LogP contribution is 2.25. The number of nitrogens with zero attached hydrogens (tertiary/aromatic N) is 2. The third-order valence-corrected chi connectivity index (χ3v) is 3.43. The second kappa shape index (κ2) is 4.86. The maximum absolute atomic E-state index is 11.9. The SMILES string of the molecule is Nc1cc(N)nc(Sc2cc3ccccc3oc2=O)n1. The van der Waals surface area contributed by atoms with E-state index in [2.05, 4.69) is 9.97 Å². The number of aromatic nitrogens is 2. The number of nitrogens with two attached hydrogens (primary N) is 2. The van der Waals surface area contributed by atoms with E-state index in [9.17, 15) is 4.79 Å². The average Bonchev–Trinajstić information content (AvgIpc) is 2.38. The summed E-state index contributed by atoms with van der Waals surface area (Å²) in [6, 6.07) is 10.4. The van der Waals surface area contributed by atoms with Crippen molar-refractivity contribution < 1.29 is 4.42 Å². The quantitative estimate of drug-likeness (QED) is 0.547. The maximum atomic E-state index is 11.9. The summed E-state index contributed by atoms with van der Waals surface area (Å²) in [4.78, 5) is 20.3. The standard InChI is InChI=1S/C13H10N4O2S/c14-10-6-11(15)17-13(16-10)20-9-5-7-3-1-2-4-8(7)19-12(9)18/h1-6H,(H4,14,15,16,17). The molecular weight excluding hydrogens is 276 g/mol. The van der Waals surface area contributed by atoms with Crippen LogP contribution in [-0.4, -0.2) is 9.97 Å². The highest BCUT2D eigenvalue weighted by Gasteiger charge is 2.10. The number of rotatable bonds is 2. The first-order valence-corrected chi connectivity index (χ1v) is 6.54. The zero-order valence-corrected chi connectivity index (χ0v) is 11.1. The first-order chi connectivity index (χ1) is 9.61. The molecule has 3 aromatic rings. The molecule has 0 saturated heterocycles. The van der Waals surface area contributed by atoms with E-state index in [1.807, 2.05) is 12.1 Å². The third-order valence-electron chi connectivity index (χ3n) is 2.56. The summed E-state index contributed by atoms with van der Waals surface area (Å²) in [6.45, 7) is 0. The highest BCUT2D eigenvalue weighted by atomic mass is 32.2. The Morgan fingerprint density at radius 2 is 1.75 bits per heavy atom. The molecule has 7 heteroatoms. The molecule has 1 aromatic carbocycles.